The number of hydrogen-bond acceptors (Lipinski definition) is 3. The molecule has 1 heterocycles. The number of nitrogens with one attached hydrogen (secondary N) is 1. The van der Waals surface area contributed by atoms with Crippen LogP contribution in [0.5, 0.6) is 5.75 Å². The van der Waals surface area contributed by atoms with Crippen molar-refractivity contribution in [2.45, 2.75) is 18.9 Å². The molecule has 0 spiro atoms. The summed E-state index contributed by atoms with van der Waals surface area (Å²) in [5.74, 6) is 0.475. The Balaban J connectivity index is 2.25. The number of pyridine rings is 1. The third-order valence-electron chi connectivity index (χ3n) is 3.29. The lowest BCUT2D eigenvalue weighted by atomic mass is 10.1. The lowest BCUT2D eigenvalue weighted by Crippen LogP contribution is -2.13. The summed E-state index contributed by atoms with van der Waals surface area (Å²) in [6.07, 6.45) is 4.89. The van der Waals surface area contributed by atoms with Crippen LogP contribution in [0, 0.1) is 5.82 Å². The normalized spacial score (nSPS) is 11.8. The van der Waals surface area contributed by atoms with Crippen LogP contribution in [0.25, 0.3) is 0 Å². The van der Waals surface area contributed by atoms with Gasteiger partial charge in [-0.3, -0.25) is 4.98 Å². The molecule has 0 amide bonds. The van der Waals surface area contributed by atoms with Crippen molar-refractivity contribution in [3.05, 3.63) is 65.2 Å². The monoisotopic (exact) mass is 364 g/mol. The van der Waals surface area contributed by atoms with Gasteiger partial charge < -0.3 is 10.1 Å². The standard InChI is InChI=1S/C17H18BrFN2O/c1-3-4-5-15(17-16(18)14(19)10-11-20-17)21-12-6-8-13(22-2)9-7-12/h3,6-11,15,21H,1,4-5H2,2H3. The van der Waals surface area contributed by atoms with Crippen LogP contribution >= 0.6 is 15.9 Å². The number of methoxy groups -OCH3 is 1. The fourth-order valence-electron chi connectivity index (χ4n) is 2.13. The Morgan fingerprint density at radius 2 is 2.09 bits per heavy atom. The number of aromatic nitrogens is 1. The van der Waals surface area contributed by atoms with Gasteiger partial charge in [-0.2, -0.15) is 0 Å². The van der Waals surface area contributed by atoms with Crippen LogP contribution in [0.15, 0.2) is 53.7 Å². The van der Waals surface area contributed by atoms with Gasteiger partial charge in [-0.15, -0.1) is 6.58 Å². The number of nitrogens with zero attached hydrogens (tertiary/aromatic N) is 1. The lowest BCUT2D eigenvalue weighted by molar-refractivity contribution is 0.415. The van der Waals surface area contributed by atoms with E-state index in [0.717, 1.165) is 24.3 Å². The van der Waals surface area contributed by atoms with E-state index in [1.165, 1.54) is 12.3 Å². The second kappa shape index (κ2) is 7.94. The summed E-state index contributed by atoms with van der Waals surface area (Å²) in [4.78, 5) is 4.31. The quantitative estimate of drug-likeness (QED) is 0.693. The third kappa shape index (κ3) is 4.07. The average Bonchev–Trinajstić information content (AvgIpc) is 2.55. The van der Waals surface area contributed by atoms with Crippen molar-refractivity contribution in [3.8, 4) is 5.75 Å². The molecule has 0 fully saturated rings. The maximum absolute atomic E-state index is 13.7. The van der Waals surface area contributed by atoms with Crippen LogP contribution in [0.1, 0.15) is 24.6 Å². The second-order valence-electron chi connectivity index (χ2n) is 4.78. The SMILES string of the molecule is C=CCCC(Nc1ccc(OC)cc1)c1nccc(F)c1Br. The van der Waals surface area contributed by atoms with Gasteiger partial charge in [0.15, 0.2) is 0 Å². The number of anilines is 1. The van der Waals surface area contributed by atoms with Crippen LogP contribution in [-0.4, -0.2) is 12.1 Å². The molecular formula is C17H18BrFN2O. The van der Waals surface area contributed by atoms with Crippen LogP contribution in [0.3, 0.4) is 0 Å². The molecule has 1 aromatic carbocycles. The topological polar surface area (TPSA) is 34.1 Å². The highest BCUT2D eigenvalue weighted by Crippen LogP contribution is 2.30. The zero-order valence-corrected chi connectivity index (χ0v) is 13.9. The molecule has 2 rings (SSSR count). The summed E-state index contributed by atoms with van der Waals surface area (Å²) in [5, 5.41) is 3.39. The first-order chi connectivity index (χ1) is 10.7. The van der Waals surface area contributed by atoms with E-state index in [4.69, 9.17) is 4.74 Å². The third-order valence-corrected chi connectivity index (χ3v) is 4.07. The van der Waals surface area contributed by atoms with Crippen molar-refractivity contribution in [3.63, 3.8) is 0 Å². The Hall–Kier alpha value is -1.88. The van der Waals surface area contributed by atoms with Gasteiger partial charge in [0, 0.05) is 11.9 Å². The van der Waals surface area contributed by atoms with Crippen LogP contribution in [0.2, 0.25) is 0 Å². The van der Waals surface area contributed by atoms with E-state index in [9.17, 15) is 4.39 Å². The Morgan fingerprint density at radius 3 is 2.73 bits per heavy atom. The highest BCUT2D eigenvalue weighted by molar-refractivity contribution is 9.10. The predicted molar refractivity (Wildman–Crippen MR) is 90.7 cm³/mol. The van der Waals surface area contributed by atoms with Crippen molar-refractivity contribution in [2.24, 2.45) is 0 Å². The molecule has 0 bridgehead atoms. The number of halogens is 2. The van der Waals surface area contributed by atoms with Gasteiger partial charge >= 0.3 is 0 Å². The predicted octanol–water partition coefficient (Wildman–Crippen LogP) is 5.11. The molecule has 1 atom stereocenters. The van der Waals surface area contributed by atoms with Gasteiger partial charge in [-0.1, -0.05) is 6.08 Å². The zero-order chi connectivity index (χ0) is 15.9. The van der Waals surface area contributed by atoms with E-state index in [2.05, 4.69) is 32.8 Å². The molecule has 0 aliphatic heterocycles. The Bertz CT molecular complexity index is 631. The molecule has 3 nitrogen and oxygen atoms in total. The minimum atomic E-state index is -0.315. The van der Waals surface area contributed by atoms with Crippen LogP contribution < -0.4 is 10.1 Å². The number of rotatable bonds is 7. The maximum Gasteiger partial charge on any atom is 0.140 e. The fraction of sp³-hybridized carbons (Fsp3) is 0.235. The summed E-state index contributed by atoms with van der Waals surface area (Å²) in [6.45, 7) is 3.75. The summed E-state index contributed by atoms with van der Waals surface area (Å²) < 4.78 is 19.3. The van der Waals surface area contributed by atoms with E-state index in [1.54, 1.807) is 7.11 Å². The molecule has 0 aliphatic carbocycles. The van der Waals surface area contributed by atoms with Gasteiger partial charge in [0.05, 0.1) is 23.3 Å². The first kappa shape index (κ1) is 16.5. The molecule has 1 aromatic heterocycles. The second-order valence-corrected chi connectivity index (χ2v) is 5.58. The van der Waals surface area contributed by atoms with Crippen molar-refractivity contribution < 1.29 is 9.13 Å². The summed E-state index contributed by atoms with van der Waals surface area (Å²) >= 11 is 3.29. The van der Waals surface area contributed by atoms with E-state index in [1.807, 2.05) is 30.3 Å². The molecule has 0 aliphatic rings. The van der Waals surface area contributed by atoms with Gasteiger partial charge in [0.1, 0.15) is 11.6 Å². The molecule has 0 saturated heterocycles. The first-order valence-corrected chi connectivity index (χ1v) is 7.76. The van der Waals surface area contributed by atoms with Gasteiger partial charge in [-0.25, -0.2) is 4.39 Å². The largest absolute Gasteiger partial charge is 0.497 e. The summed E-state index contributed by atoms with van der Waals surface area (Å²) in [7, 11) is 1.63. The first-order valence-electron chi connectivity index (χ1n) is 6.97. The van der Waals surface area contributed by atoms with Crippen LogP contribution in [-0.2, 0) is 0 Å². The maximum atomic E-state index is 13.7. The summed E-state index contributed by atoms with van der Waals surface area (Å²) in [6, 6.07) is 8.82. The molecule has 1 N–H and O–H groups in total. The average molecular weight is 365 g/mol. The highest BCUT2D eigenvalue weighted by atomic mass is 79.9. The Morgan fingerprint density at radius 1 is 1.36 bits per heavy atom. The Kier molecular flexibility index (Phi) is 5.95. The molecule has 2 aromatic rings. The van der Waals surface area contributed by atoms with E-state index in [-0.39, 0.29) is 11.9 Å². The van der Waals surface area contributed by atoms with Gasteiger partial charge in [0.25, 0.3) is 0 Å². The zero-order valence-electron chi connectivity index (χ0n) is 12.4. The van der Waals surface area contributed by atoms with E-state index in [0.29, 0.717) is 10.2 Å². The number of allylic oxidation sites excluding steroid dienone is 1. The molecule has 1 unspecified atom stereocenters. The highest BCUT2D eigenvalue weighted by Gasteiger charge is 2.18. The molecular weight excluding hydrogens is 347 g/mol. The number of hydrogen-bond donors (Lipinski definition) is 1. The minimum Gasteiger partial charge on any atom is -0.497 e. The van der Waals surface area contributed by atoms with Crippen LogP contribution in [0.4, 0.5) is 10.1 Å². The summed E-state index contributed by atoms with van der Waals surface area (Å²) in [5.41, 5.74) is 1.57. The smallest absolute Gasteiger partial charge is 0.140 e. The molecule has 0 saturated carbocycles. The van der Waals surface area contributed by atoms with Crippen molar-refractivity contribution in [1.82, 2.24) is 4.98 Å². The van der Waals surface area contributed by atoms with Crippen molar-refractivity contribution in [1.29, 1.82) is 0 Å². The molecule has 116 valence electrons. The number of benzene rings is 1. The Labute approximate surface area is 138 Å². The molecule has 0 radical (unpaired) electrons. The van der Waals surface area contributed by atoms with Crippen molar-refractivity contribution >= 4 is 21.6 Å². The molecule has 22 heavy (non-hydrogen) atoms. The minimum absolute atomic E-state index is 0.114. The van der Waals surface area contributed by atoms with Gasteiger partial charge in [0.2, 0.25) is 0 Å². The van der Waals surface area contributed by atoms with Crippen molar-refractivity contribution in [2.75, 3.05) is 12.4 Å². The van der Waals surface area contributed by atoms with Gasteiger partial charge in [-0.05, 0) is 59.1 Å². The fourth-order valence-corrected chi connectivity index (χ4v) is 2.64. The van der Waals surface area contributed by atoms with E-state index >= 15 is 0 Å². The molecule has 5 heteroatoms. The van der Waals surface area contributed by atoms with E-state index < -0.39 is 0 Å². The lowest BCUT2D eigenvalue weighted by Gasteiger charge is -2.20. The number of ether oxygens (including phenoxy) is 1.